The lowest BCUT2D eigenvalue weighted by Gasteiger charge is -2.43. The lowest BCUT2D eigenvalue weighted by molar-refractivity contribution is -0.384. The van der Waals surface area contributed by atoms with Gasteiger partial charge >= 0.3 is 0 Å². The highest BCUT2D eigenvalue weighted by atomic mass is 16.6. The van der Waals surface area contributed by atoms with Crippen LogP contribution >= 0.6 is 0 Å². The lowest BCUT2D eigenvalue weighted by atomic mass is 9.91. The minimum absolute atomic E-state index is 0.0132. The maximum absolute atomic E-state index is 13.3. The number of nitrogens with one attached hydrogen (secondary N) is 1. The minimum atomic E-state index is -0.458. The SMILES string of the molecule is Cc1c(C(=O)Nc2ccccc2N2CCC(N3CCOCC3)C(C#N)C2)cnn1-c1ccc([N+](=O)[O-])cc1. The molecule has 0 saturated carbocycles. The molecule has 0 aliphatic carbocycles. The molecule has 196 valence electrons. The van der Waals surface area contributed by atoms with Crippen molar-refractivity contribution in [2.75, 3.05) is 49.6 Å². The molecule has 0 spiro atoms. The van der Waals surface area contributed by atoms with E-state index in [1.165, 1.54) is 18.3 Å². The number of morpholine rings is 1. The fourth-order valence-electron chi connectivity index (χ4n) is 5.28. The van der Waals surface area contributed by atoms with Crippen molar-refractivity contribution in [2.24, 2.45) is 5.92 Å². The maximum atomic E-state index is 13.3. The fraction of sp³-hybridized carbons (Fsp3) is 0.370. The van der Waals surface area contributed by atoms with Crippen molar-refractivity contribution in [3.05, 3.63) is 76.1 Å². The zero-order valence-electron chi connectivity index (χ0n) is 21.1. The molecule has 11 nitrogen and oxygen atoms in total. The van der Waals surface area contributed by atoms with E-state index in [1.807, 2.05) is 24.3 Å². The quantitative estimate of drug-likeness (QED) is 0.391. The monoisotopic (exact) mass is 515 g/mol. The number of benzene rings is 2. The number of para-hydroxylation sites is 2. The molecule has 0 radical (unpaired) electrons. The van der Waals surface area contributed by atoms with Crippen molar-refractivity contribution in [3.63, 3.8) is 0 Å². The molecule has 1 aromatic heterocycles. The molecule has 2 aromatic carbocycles. The van der Waals surface area contributed by atoms with E-state index in [0.29, 0.717) is 42.4 Å². The number of aromatic nitrogens is 2. The first-order valence-electron chi connectivity index (χ1n) is 12.6. The largest absolute Gasteiger partial charge is 0.379 e. The maximum Gasteiger partial charge on any atom is 0.269 e. The number of nitrogens with zero attached hydrogens (tertiary/aromatic N) is 6. The van der Waals surface area contributed by atoms with Gasteiger partial charge in [0.05, 0.1) is 64.6 Å². The van der Waals surface area contributed by atoms with Crippen molar-refractivity contribution in [1.82, 2.24) is 14.7 Å². The molecular formula is C27H29N7O4. The number of carbonyl (C=O) groups is 1. The van der Waals surface area contributed by atoms with Crippen molar-refractivity contribution >= 4 is 23.0 Å². The first-order valence-corrected chi connectivity index (χ1v) is 12.6. The normalized spacial score (nSPS) is 20.1. The summed E-state index contributed by atoms with van der Waals surface area (Å²) < 4.78 is 7.06. The number of hydrogen-bond donors (Lipinski definition) is 1. The summed E-state index contributed by atoms with van der Waals surface area (Å²) in [5, 5.41) is 28.3. The van der Waals surface area contributed by atoms with Crippen LogP contribution in [0.4, 0.5) is 17.1 Å². The van der Waals surface area contributed by atoms with Gasteiger partial charge < -0.3 is 15.0 Å². The molecule has 1 N–H and O–H groups in total. The molecule has 2 atom stereocenters. The molecule has 2 aliphatic heterocycles. The van der Waals surface area contributed by atoms with Crippen LogP contribution in [0.1, 0.15) is 22.5 Å². The highest BCUT2D eigenvalue weighted by Crippen LogP contribution is 2.32. The number of ether oxygens (including phenoxy) is 1. The molecule has 2 unspecified atom stereocenters. The van der Waals surface area contributed by atoms with Gasteiger partial charge in [-0.1, -0.05) is 12.1 Å². The van der Waals surface area contributed by atoms with Crippen LogP contribution in [0.25, 0.3) is 5.69 Å². The standard InChI is InChI=1S/C27H29N7O4/c1-19-23(17-29-33(19)21-6-8-22(9-7-21)34(36)37)27(35)30-24-4-2-3-5-26(24)32-11-10-25(20(16-28)18-32)31-12-14-38-15-13-31/h2-9,17,20,25H,10-15,18H2,1H3,(H,30,35). The van der Waals surface area contributed by atoms with E-state index in [9.17, 15) is 20.2 Å². The lowest BCUT2D eigenvalue weighted by Crippen LogP contribution is -2.53. The number of hydrogen-bond acceptors (Lipinski definition) is 8. The number of nitro groups is 1. The molecular weight excluding hydrogens is 486 g/mol. The van der Waals surface area contributed by atoms with Crippen LogP contribution in [0.2, 0.25) is 0 Å². The Balaban J connectivity index is 1.32. The van der Waals surface area contributed by atoms with Crippen LogP contribution in [0, 0.1) is 34.3 Å². The molecule has 2 aliphatic rings. The van der Waals surface area contributed by atoms with Gasteiger partial charge in [0, 0.05) is 44.4 Å². The average molecular weight is 516 g/mol. The molecule has 5 rings (SSSR count). The fourth-order valence-corrected chi connectivity index (χ4v) is 5.28. The summed E-state index contributed by atoms with van der Waals surface area (Å²) in [5.74, 6) is -0.448. The van der Waals surface area contributed by atoms with Crippen LogP contribution in [0.15, 0.2) is 54.7 Å². The molecule has 0 bridgehead atoms. The minimum Gasteiger partial charge on any atom is -0.379 e. The number of rotatable bonds is 6. The van der Waals surface area contributed by atoms with Gasteiger partial charge in [0.25, 0.3) is 11.6 Å². The summed E-state index contributed by atoms with van der Waals surface area (Å²) in [7, 11) is 0. The number of piperidine rings is 1. The summed E-state index contributed by atoms with van der Waals surface area (Å²) in [5.41, 5.74) is 3.17. The van der Waals surface area contributed by atoms with E-state index < -0.39 is 4.92 Å². The zero-order chi connectivity index (χ0) is 26.6. The zero-order valence-corrected chi connectivity index (χ0v) is 21.1. The van der Waals surface area contributed by atoms with Gasteiger partial charge in [-0.15, -0.1) is 0 Å². The van der Waals surface area contributed by atoms with Gasteiger partial charge in [-0.2, -0.15) is 10.4 Å². The van der Waals surface area contributed by atoms with Crippen LogP contribution in [0.5, 0.6) is 0 Å². The molecule has 3 heterocycles. The van der Waals surface area contributed by atoms with E-state index in [1.54, 1.807) is 23.7 Å². The molecule has 11 heteroatoms. The molecule has 1 amide bonds. The van der Waals surface area contributed by atoms with Crippen molar-refractivity contribution in [1.29, 1.82) is 5.26 Å². The Morgan fingerprint density at radius 1 is 1.16 bits per heavy atom. The predicted octanol–water partition coefficient (Wildman–Crippen LogP) is 3.39. The Morgan fingerprint density at radius 3 is 2.61 bits per heavy atom. The molecule has 2 fully saturated rings. The topological polar surface area (TPSA) is 130 Å². The predicted molar refractivity (Wildman–Crippen MR) is 141 cm³/mol. The van der Waals surface area contributed by atoms with Crippen LogP contribution in [-0.2, 0) is 4.74 Å². The Hall–Kier alpha value is -4.27. The van der Waals surface area contributed by atoms with Gasteiger partial charge in [0.15, 0.2) is 0 Å². The first-order chi connectivity index (χ1) is 18.5. The highest BCUT2D eigenvalue weighted by molar-refractivity contribution is 6.06. The Morgan fingerprint density at radius 2 is 1.89 bits per heavy atom. The second kappa shape index (κ2) is 11.0. The summed E-state index contributed by atoms with van der Waals surface area (Å²) in [4.78, 5) is 28.3. The Kier molecular flexibility index (Phi) is 7.35. The van der Waals surface area contributed by atoms with Crippen LogP contribution < -0.4 is 10.2 Å². The van der Waals surface area contributed by atoms with Crippen LogP contribution in [0.3, 0.4) is 0 Å². The van der Waals surface area contributed by atoms with E-state index in [0.717, 1.165) is 31.7 Å². The van der Waals surface area contributed by atoms with Gasteiger partial charge in [-0.3, -0.25) is 19.8 Å². The van der Waals surface area contributed by atoms with Crippen molar-refractivity contribution < 1.29 is 14.5 Å². The first kappa shape index (κ1) is 25.4. The summed E-state index contributed by atoms with van der Waals surface area (Å²) >= 11 is 0. The smallest absolute Gasteiger partial charge is 0.269 e. The third-order valence-corrected chi connectivity index (χ3v) is 7.31. The number of non-ortho nitro benzene ring substituents is 1. The number of carbonyl (C=O) groups excluding carboxylic acids is 1. The van der Waals surface area contributed by atoms with Gasteiger partial charge in [0.2, 0.25) is 0 Å². The third kappa shape index (κ3) is 5.09. The van der Waals surface area contributed by atoms with E-state index in [4.69, 9.17) is 4.74 Å². The highest BCUT2D eigenvalue weighted by Gasteiger charge is 2.35. The van der Waals surface area contributed by atoms with Crippen molar-refractivity contribution in [3.8, 4) is 11.8 Å². The Labute approximate surface area is 220 Å². The molecule has 3 aromatic rings. The third-order valence-electron chi connectivity index (χ3n) is 7.31. The van der Waals surface area contributed by atoms with Crippen LogP contribution in [-0.4, -0.2) is 70.9 Å². The number of nitriles is 1. The second-order valence-electron chi connectivity index (χ2n) is 9.49. The van der Waals surface area contributed by atoms with E-state index in [2.05, 4.69) is 26.3 Å². The van der Waals surface area contributed by atoms with Gasteiger partial charge in [-0.25, -0.2) is 4.68 Å². The number of amides is 1. The number of nitro benzene ring substituents is 1. The Bertz CT molecular complexity index is 1360. The molecule has 2 saturated heterocycles. The molecule has 38 heavy (non-hydrogen) atoms. The summed E-state index contributed by atoms with van der Waals surface area (Å²) in [6.07, 6.45) is 2.36. The van der Waals surface area contributed by atoms with Gasteiger partial charge in [-0.05, 0) is 37.6 Å². The second-order valence-corrected chi connectivity index (χ2v) is 9.49. The van der Waals surface area contributed by atoms with Crippen molar-refractivity contribution in [2.45, 2.75) is 19.4 Å². The number of anilines is 2. The summed E-state index contributed by atoms with van der Waals surface area (Å²) in [6.45, 7) is 6.25. The van der Waals surface area contributed by atoms with E-state index in [-0.39, 0.29) is 23.6 Å². The van der Waals surface area contributed by atoms with Gasteiger partial charge in [0.1, 0.15) is 0 Å². The van der Waals surface area contributed by atoms with E-state index >= 15 is 0 Å². The summed E-state index contributed by atoms with van der Waals surface area (Å²) in [6, 6.07) is 16.3. The average Bonchev–Trinajstić information content (AvgIpc) is 3.34.